The minimum absolute atomic E-state index is 0.0245. The van der Waals surface area contributed by atoms with E-state index in [1.54, 1.807) is 0 Å². The molecule has 1 saturated heterocycles. The molecule has 2 rings (SSSR count). The van der Waals surface area contributed by atoms with Crippen LogP contribution in [0.15, 0.2) is 18.2 Å². The Bertz CT molecular complexity index is 585. The first-order valence-corrected chi connectivity index (χ1v) is 7.16. The SMILES string of the molecule is Cc1ccc(C#CCO)c(C(=O)N2CC(C)OCC2C)c1. The lowest BCUT2D eigenvalue weighted by atomic mass is 10.0. The van der Waals surface area contributed by atoms with E-state index in [9.17, 15) is 4.79 Å². The van der Waals surface area contributed by atoms with Crippen LogP contribution in [0.3, 0.4) is 0 Å². The van der Waals surface area contributed by atoms with Gasteiger partial charge in [-0.15, -0.1) is 0 Å². The van der Waals surface area contributed by atoms with Crippen LogP contribution >= 0.6 is 0 Å². The standard InChI is InChI=1S/C17H21NO3/c1-12-6-7-15(5-4-8-19)16(9-12)17(20)18-10-14(3)21-11-13(18)2/h6-7,9,13-14,19H,8,10-11H2,1-3H3. The van der Waals surface area contributed by atoms with E-state index < -0.39 is 0 Å². The van der Waals surface area contributed by atoms with E-state index >= 15 is 0 Å². The van der Waals surface area contributed by atoms with Gasteiger partial charge in [-0.05, 0) is 32.9 Å². The Kier molecular flexibility index (Phi) is 5.00. The molecule has 1 aromatic rings. The molecule has 1 aromatic carbocycles. The first-order valence-electron chi connectivity index (χ1n) is 7.16. The molecule has 0 aromatic heterocycles. The van der Waals surface area contributed by atoms with Crippen LogP contribution in [0.5, 0.6) is 0 Å². The van der Waals surface area contributed by atoms with Crippen molar-refractivity contribution in [3.63, 3.8) is 0 Å². The summed E-state index contributed by atoms with van der Waals surface area (Å²) in [5.74, 6) is 5.45. The highest BCUT2D eigenvalue weighted by atomic mass is 16.5. The summed E-state index contributed by atoms with van der Waals surface area (Å²) in [6.07, 6.45) is 0.0435. The van der Waals surface area contributed by atoms with Gasteiger partial charge in [0, 0.05) is 12.1 Å². The molecule has 1 aliphatic rings. The van der Waals surface area contributed by atoms with Crippen molar-refractivity contribution >= 4 is 5.91 Å². The number of aliphatic hydroxyl groups is 1. The monoisotopic (exact) mass is 287 g/mol. The average Bonchev–Trinajstić information content (AvgIpc) is 2.47. The second-order valence-corrected chi connectivity index (χ2v) is 5.46. The number of carbonyl (C=O) groups is 1. The maximum Gasteiger partial charge on any atom is 0.255 e. The van der Waals surface area contributed by atoms with E-state index in [1.165, 1.54) is 0 Å². The second-order valence-electron chi connectivity index (χ2n) is 5.46. The van der Waals surface area contributed by atoms with E-state index in [4.69, 9.17) is 9.84 Å². The summed E-state index contributed by atoms with van der Waals surface area (Å²) in [5, 5.41) is 8.85. The van der Waals surface area contributed by atoms with Crippen molar-refractivity contribution in [2.75, 3.05) is 19.8 Å². The molecule has 0 spiro atoms. The molecule has 1 aliphatic heterocycles. The summed E-state index contributed by atoms with van der Waals surface area (Å²) in [7, 11) is 0. The van der Waals surface area contributed by atoms with Gasteiger partial charge in [0.05, 0.1) is 24.3 Å². The molecule has 1 heterocycles. The quantitative estimate of drug-likeness (QED) is 0.798. The number of amides is 1. The summed E-state index contributed by atoms with van der Waals surface area (Å²) >= 11 is 0. The van der Waals surface area contributed by atoms with Gasteiger partial charge in [-0.1, -0.05) is 23.5 Å². The molecule has 0 saturated carbocycles. The number of hydrogen-bond donors (Lipinski definition) is 1. The zero-order valence-corrected chi connectivity index (χ0v) is 12.7. The number of aryl methyl sites for hydroxylation is 1. The van der Waals surface area contributed by atoms with Gasteiger partial charge in [0.1, 0.15) is 6.61 Å². The van der Waals surface area contributed by atoms with Gasteiger partial charge in [-0.3, -0.25) is 4.79 Å². The van der Waals surface area contributed by atoms with Gasteiger partial charge in [0.15, 0.2) is 0 Å². The smallest absolute Gasteiger partial charge is 0.255 e. The fourth-order valence-corrected chi connectivity index (χ4v) is 2.42. The number of ether oxygens (including phenoxy) is 1. The molecule has 21 heavy (non-hydrogen) atoms. The minimum Gasteiger partial charge on any atom is -0.384 e. The first kappa shape index (κ1) is 15.6. The number of morpholine rings is 1. The second kappa shape index (κ2) is 6.75. The molecule has 0 radical (unpaired) electrons. The Balaban J connectivity index is 2.35. The molecule has 112 valence electrons. The van der Waals surface area contributed by atoms with Crippen LogP contribution < -0.4 is 0 Å². The van der Waals surface area contributed by atoms with Crippen molar-refractivity contribution in [2.45, 2.75) is 32.9 Å². The third-order valence-corrected chi connectivity index (χ3v) is 3.58. The van der Waals surface area contributed by atoms with E-state index in [1.807, 2.05) is 43.9 Å². The van der Waals surface area contributed by atoms with Gasteiger partial charge >= 0.3 is 0 Å². The Hall–Kier alpha value is -1.83. The van der Waals surface area contributed by atoms with E-state index in [-0.39, 0.29) is 24.7 Å². The van der Waals surface area contributed by atoms with E-state index in [2.05, 4.69) is 11.8 Å². The molecule has 4 nitrogen and oxygen atoms in total. The lowest BCUT2D eigenvalue weighted by Gasteiger charge is -2.37. The summed E-state index contributed by atoms with van der Waals surface area (Å²) in [6, 6.07) is 5.66. The number of rotatable bonds is 1. The van der Waals surface area contributed by atoms with Crippen LogP contribution in [0.25, 0.3) is 0 Å². The molecule has 1 amide bonds. The Morgan fingerprint density at radius 1 is 1.48 bits per heavy atom. The van der Waals surface area contributed by atoms with Crippen molar-refractivity contribution in [1.29, 1.82) is 0 Å². The molecule has 0 aliphatic carbocycles. The van der Waals surface area contributed by atoms with Crippen LogP contribution in [-0.2, 0) is 4.74 Å². The Labute approximate surface area is 125 Å². The molecular formula is C17H21NO3. The average molecular weight is 287 g/mol. The molecule has 1 fully saturated rings. The van der Waals surface area contributed by atoms with Gasteiger partial charge < -0.3 is 14.7 Å². The van der Waals surface area contributed by atoms with E-state index in [0.717, 1.165) is 5.56 Å². The normalized spacial score (nSPS) is 21.6. The summed E-state index contributed by atoms with van der Waals surface area (Å²) in [6.45, 7) is 6.82. The Morgan fingerprint density at radius 3 is 2.95 bits per heavy atom. The predicted octanol–water partition coefficient (Wildman–Crippen LogP) is 1.59. The number of nitrogens with zero attached hydrogens (tertiary/aromatic N) is 1. The Morgan fingerprint density at radius 2 is 2.24 bits per heavy atom. The lowest BCUT2D eigenvalue weighted by molar-refractivity contribution is -0.0387. The zero-order chi connectivity index (χ0) is 15.4. The predicted molar refractivity (Wildman–Crippen MR) is 81.1 cm³/mol. The van der Waals surface area contributed by atoms with Gasteiger partial charge in [0.25, 0.3) is 5.91 Å². The first-order chi connectivity index (χ1) is 10.0. The summed E-state index contributed by atoms with van der Waals surface area (Å²) < 4.78 is 5.57. The van der Waals surface area contributed by atoms with Crippen molar-refractivity contribution in [3.05, 3.63) is 34.9 Å². The van der Waals surface area contributed by atoms with Gasteiger partial charge in [-0.2, -0.15) is 0 Å². The zero-order valence-electron chi connectivity index (χ0n) is 12.7. The molecular weight excluding hydrogens is 266 g/mol. The van der Waals surface area contributed by atoms with Gasteiger partial charge in [0.2, 0.25) is 0 Å². The van der Waals surface area contributed by atoms with Crippen molar-refractivity contribution < 1.29 is 14.6 Å². The highest BCUT2D eigenvalue weighted by molar-refractivity contribution is 5.97. The maximum atomic E-state index is 12.8. The third-order valence-electron chi connectivity index (χ3n) is 3.58. The number of carbonyl (C=O) groups excluding carboxylic acids is 1. The highest BCUT2D eigenvalue weighted by Crippen LogP contribution is 2.19. The maximum absolute atomic E-state index is 12.8. The van der Waals surface area contributed by atoms with Crippen LogP contribution in [0.1, 0.15) is 35.3 Å². The largest absolute Gasteiger partial charge is 0.384 e. The van der Waals surface area contributed by atoms with Crippen molar-refractivity contribution in [1.82, 2.24) is 4.90 Å². The number of benzene rings is 1. The third kappa shape index (κ3) is 3.63. The topological polar surface area (TPSA) is 49.8 Å². The summed E-state index contributed by atoms with van der Waals surface area (Å²) in [5.41, 5.74) is 2.27. The van der Waals surface area contributed by atoms with Crippen molar-refractivity contribution in [2.24, 2.45) is 0 Å². The summed E-state index contributed by atoms with van der Waals surface area (Å²) in [4.78, 5) is 14.7. The molecule has 1 N–H and O–H groups in total. The fourth-order valence-electron chi connectivity index (χ4n) is 2.42. The van der Waals surface area contributed by atoms with Gasteiger partial charge in [-0.25, -0.2) is 0 Å². The van der Waals surface area contributed by atoms with E-state index in [0.29, 0.717) is 24.3 Å². The molecule has 4 heteroatoms. The number of aliphatic hydroxyl groups excluding tert-OH is 1. The minimum atomic E-state index is -0.216. The van der Waals surface area contributed by atoms with Crippen LogP contribution in [-0.4, -0.2) is 47.8 Å². The highest BCUT2D eigenvalue weighted by Gasteiger charge is 2.29. The fraction of sp³-hybridized carbons (Fsp3) is 0.471. The lowest BCUT2D eigenvalue weighted by Crippen LogP contribution is -2.50. The van der Waals surface area contributed by atoms with Crippen LogP contribution in [0.4, 0.5) is 0 Å². The molecule has 2 unspecified atom stereocenters. The van der Waals surface area contributed by atoms with Crippen LogP contribution in [0, 0.1) is 18.8 Å². The number of hydrogen-bond acceptors (Lipinski definition) is 3. The molecule has 2 atom stereocenters. The van der Waals surface area contributed by atoms with Crippen LogP contribution in [0.2, 0.25) is 0 Å². The van der Waals surface area contributed by atoms with Crippen molar-refractivity contribution in [3.8, 4) is 11.8 Å². The molecule has 0 bridgehead atoms.